The minimum Gasteiger partial charge on any atom is -0.433 e. The molecule has 0 aliphatic carbocycles. The van der Waals surface area contributed by atoms with Crippen LogP contribution in [-0.4, -0.2) is 32.0 Å². The third kappa shape index (κ3) is 3.71. The number of rotatable bonds is 3. The van der Waals surface area contributed by atoms with Gasteiger partial charge in [-0.3, -0.25) is 0 Å². The van der Waals surface area contributed by atoms with E-state index in [0.29, 0.717) is 10.5 Å². The average molecular weight is 160 g/mol. The van der Waals surface area contributed by atoms with Crippen molar-refractivity contribution in [3.63, 3.8) is 0 Å². The average Bonchev–Trinajstić information content (AvgIpc) is 1.88. The van der Waals surface area contributed by atoms with Gasteiger partial charge in [0.1, 0.15) is 10.5 Å². The molecule has 0 radical (unpaired) electrons. The summed E-state index contributed by atoms with van der Waals surface area (Å²) in [6.45, 7) is 0. The van der Waals surface area contributed by atoms with E-state index in [-0.39, 0.29) is 0 Å². The molecule has 0 heterocycles. The van der Waals surface area contributed by atoms with Crippen LogP contribution in [-0.2, 0) is 13.7 Å². The second kappa shape index (κ2) is 5.29. The highest BCUT2D eigenvalue weighted by atomic mass is 28.3. The maximum absolute atomic E-state index is 9.54. The summed E-state index contributed by atoms with van der Waals surface area (Å²) in [5.41, 5.74) is 0. The fourth-order valence-corrected chi connectivity index (χ4v) is 1.31. The van der Waals surface area contributed by atoms with Crippen LogP contribution in [0.25, 0.3) is 0 Å². The predicted octanol–water partition coefficient (Wildman–Crippen LogP) is -2.33. The van der Waals surface area contributed by atoms with Gasteiger partial charge in [0.25, 0.3) is 0 Å². The van der Waals surface area contributed by atoms with Gasteiger partial charge in [0, 0.05) is 0 Å². The quantitative estimate of drug-likeness (QED) is 0.264. The molecule has 0 aromatic heterocycles. The van der Waals surface area contributed by atoms with Crippen LogP contribution in [0.2, 0.25) is 0 Å². The Morgan fingerprint density at radius 3 is 2.00 bits per heavy atom. The Balaban J connectivity index is 3.97. The second-order valence-electron chi connectivity index (χ2n) is 1.00. The highest BCUT2D eigenvalue weighted by Gasteiger charge is 2.03. The lowest BCUT2D eigenvalue weighted by atomic mass is 11.7. The van der Waals surface area contributed by atoms with E-state index in [1.807, 2.05) is 0 Å². The van der Waals surface area contributed by atoms with Crippen molar-refractivity contribution >= 4 is 32.0 Å². The zero-order chi connectivity index (χ0) is 7.11. The Hall–Kier alpha value is -0.846. The molecule has 0 aromatic rings. The molecule has 9 heavy (non-hydrogen) atoms. The summed E-state index contributed by atoms with van der Waals surface area (Å²) >= 11 is 0. The van der Waals surface area contributed by atoms with Crippen LogP contribution < -0.4 is 0 Å². The summed E-state index contributed by atoms with van der Waals surface area (Å²) < 4.78 is 10.9. The molecule has 0 aromatic carbocycles. The first-order valence-electron chi connectivity index (χ1n) is 2.02. The lowest BCUT2D eigenvalue weighted by Gasteiger charge is -1.92. The number of hydrogen-bond donors (Lipinski definition) is 0. The first-order valence-corrected chi connectivity index (χ1v) is 4.34. The van der Waals surface area contributed by atoms with Gasteiger partial charge in [-0.15, -0.1) is 0 Å². The van der Waals surface area contributed by atoms with Crippen LogP contribution >= 0.6 is 0 Å². The molecule has 0 aliphatic rings. The molecule has 0 saturated heterocycles. The van der Waals surface area contributed by atoms with Gasteiger partial charge in [-0.1, -0.05) is 0 Å². The van der Waals surface area contributed by atoms with E-state index in [1.165, 1.54) is 12.2 Å². The Bertz CT molecular complexity index is 153. The maximum atomic E-state index is 9.54. The van der Waals surface area contributed by atoms with E-state index < -0.39 is 9.36 Å². The third-order valence-electron chi connectivity index (χ3n) is 0.537. The highest BCUT2D eigenvalue weighted by Crippen LogP contribution is 1.81. The Morgan fingerprint density at radius 1 is 1.33 bits per heavy atom. The zero-order valence-electron chi connectivity index (χ0n) is 4.70. The van der Waals surface area contributed by atoms with E-state index >= 15 is 0 Å². The van der Waals surface area contributed by atoms with Crippen molar-refractivity contribution in [2.24, 2.45) is 9.32 Å². The van der Waals surface area contributed by atoms with E-state index in [9.17, 15) is 9.59 Å². The Morgan fingerprint density at radius 2 is 1.78 bits per heavy atom. The zero-order valence-corrected chi connectivity index (χ0v) is 7.85. The van der Waals surface area contributed by atoms with Gasteiger partial charge in [-0.05, 0) is 0 Å². The number of carbonyl (C=O) groups excluding carboxylic acids is 2. The molecule has 7 heteroatoms. The SMILES string of the molecule is O=C=N[SiH](N=C=O)O[SiH3]. The summed E-state index contributed by atoms with van der Waals surface area (Å²) in [6.07, 6.45) is 2.53. The predicted molar refractivity (Wildman–Crippen MR) is 34.4 cm³/mol. The third-order valence-corrected chi connectivity index (χ3v) is 2.88. The largest absolute Gasteiger partial charge is 0.451 e. The van der Waals surface area contributed by atoms with Crippen molar-refractivity contribution in [1.29, 1.82) is 0 Å². The van der Waals surface area contributed by atoms with E-state index in [1.54, 1.807) is 0 Å². The summed E-state index contributed by atoms with van der Waals surface area (Å²) in [7, 11) is -1.83. The maximum Gasteiger partial charge on any atom is 0.451 e. The molecule has 48 valence electrons. The van der Waals surface area contributed by atoms with Crippen LogP contribution in [0.5, 0.6) is 0 Å². The van der Waals surface area contributed by atoms with Crippen LogP contribution in [0.4, 0.5) is 0 Å². The van der Waals surface area contributed by atoms with Crippen molar-refractivity contribution in [2.45, 2.75) is 0 Å². The van der Waals surface area contributed by atoms with Crippen LogP contribution in [0.3, 0.4) is 0 Å². The molecule has 0 aliphatic heterocycles. The van der Waals surface area contributed by atoms with Crippen molar-refractivity contribution < 1.29 is 13.7 Å². The van der Waals surface area contributed by atoms with Gasteiger partial charge >= 0.3 is 9.36 Å². The van der Waals surface area contributed by atoms with Crippen molar-refractivity contribution in [2.75, 3.05) is 0 Å². The molecule has 0 fully saturated rings. The summed E-state index contributed by atoms with van der Waals surface area (Å²) in [5, 5.41) is 0. The van der Waals surface area contributed by atoms with Crippen LogP contribution in [0.15, 0.2) is 9.32 Å². The summed E-state index contributed by atoms with van der Waals surface area (Å²) in [6, 6.07) is 0. The fourth-order valence-electron chi connectivity index (χ4n) is 0.224. The van der Waals surface area contributed by atoms with Gasteiger partial charge in [0.2, 0.25) is 12.2 Å². The lowest BCUT2D eigenvalue weighted by Crippen LogP contribution is -2.09. The van der Waals surface area contributed by atoms with E-state index in [4.69, 9.17) is 0 Å². The molecule has 0 saturated carbocycles. The fraction of sp³-hybridized carbons (Fsp3) is 0. The van der Waals surface area contributed by atoms with Crippen molar-refractivity contribution in [1.82, 2.24) is 0 Å². The molecule has 0 bridgehead atoms. The minimum absolute atomic E-state index is 0.417. The molecule has 0 unspecified atom stereocenters. The van der Waals surface area contributed by atoms with Crippen molar-refractivity contribution in [3.8, 4) is 0 Å². The molecular formula is C2H4N2O3Si2. The molecular weight excluding hydrogens is 156 g/mol. The molecule has 0 N–H and O–H groups in total. The monoisotopic (exact) mass is 160 g/mol. The number of nitrogens with zero attached hydrogens (tertiary/aromatic N) is 2. The minimum atomic E-state index is -2.25. The highest BCUT2D eigenvalue weighted by molar-refractivity contribution is 6.53. The van der Waals surface area contributed by atoms with E-state index in [2.05, 4.69) is 13.4 Å². The normalized spacial score (nSPS) is 11.1. The lowest BCUT2D eigenvalue weighted by molar-refractivity contribution is 0.560. The van der Waals surface area contributed by atoms with Gasteiger partial charge < -0.3 is 4.12 Å². The topological polar surface area (TPSA) is 68.1 Å². The standard InChI is InChI=1S/C2H4N2O3Si2/c5-1-3-9(7-8)4-2-6/h9H,8H3. The summed E-state index contributed by atoms with van der Waals surface area (Å²) in [4.78, 5) is 19.1. The van der Waals surface area contributed by atoms with Crippen LogP contribution in [0.1, 0.15) is 0 Å². The van der Waals surface area contributed by atoms with Crippen LogP contribution in [0, 0.1) is 0 Å². The first-order chi connectivity index (χ1) is 4.35. The second-order valence-corrected chi connectivity index (χ2v) is 4.06. The first kappa shape index (κ1) is 8.15. The molecule has 0 rings (SSSR count). The molecule has 5 nitrogen and oxygen atoms in total. The van der Waals surface area contributed by atoms with Gasteiger partial charge in [-0.2, -0.15) is 9.32 Å². The molecule has 0 atom stereocenters. The van der Waals surface area contributed by atoms with Gasteiger partial charge in [-0.25, -0.2) is 9.59 Å². The number of isocyanates is 2. The Kier molecular flexibility index (Phi) is 4.80. The van der Waals surface area contributed by atoms with Gasteiger partial charge in [0.15, 0.2) is 0 Å². The summed E-state index contributed by atoms with van der Waals surface area (Å²) in [5.74, 6) is 0. The van der Waals surface area contributed by atoms with Crippen molar-refractivity contribution in [3.05, 3.63) is 0 Å². The smallest absolute Gasteiger partial charge is 0.433 e. The molecule has 0 amide bonds. The Labute approximate surface area is 55.9 Å². The van der Waals surface area contributed by atoms with Gasteiger partial charge in [0.05, 0.1) is 0 Å². The number of hydrogen-bond acceptors (Lipinski definition) is 5. The molecule has 0 spiro atoms. The van der Waals surface area contributed by atoms with E-state index in [0.717, 1.165) is 0 Å².